The molecule has 1 aromatic carbocycles. The Hall–Kier alpha value is -1.92. The number of aromatic nitrogens is 1. The molecule has 1 fully saturated rings. The first kappa shape index (κ1) is 15.0. The molecule has 22 heavy (non-hydrogen) atoms. The van der Waals surface area contributed by atoms with Crippen LogP contribution in [0, 0.1) is 6.92 Å². The second-order valence-electron chi connectivity index (χ2n) is 5.20. The lowest BCUT2D eigenvalue weighted by Crippen LogP contribution is -2.36. The number of aryl methyl sites for hydroxylation is 1. The van der Waals surface area contributed by atoms with E-state index < -0.39 is 0 Å². The first-order chi connectivity index (χ1) is 10.7. The quantitative estimate of drug-likeness (QED) is 0.941. The van der Waals surface area contributed by atoms with E-state index in [0.29, 0.717) is 6.42 Å². The number of rotatable bonds is 4. The number of nitrogens with one attached hydrogen (secondary N) is 1. The fourth-order valence-electron chi connectivity index (χ4n) is 2.50. The molecule has 0 radical (unpaired) electrons. The van der Waals surface area contributed by atoms with Crippen molar-refractivity contribution in [3.63, 3.8) is 0 Å². The van der Waals surface area contributed by atoms with Crippen LogP contribution in [0.3, 0.4) is 0 Å². The first-order valence-electron chi connectivity index (χ1n) is 7.34. The van der Waals surface area contributed by atoms with E-state index in [-0.39, 0.29) is 5.91 Å². The highest BCUT2D eigenvalue weighted by atomic mass is 32.1. The van der Waals surface area contributed by atoms with E-state index in [1.165, 1.54) is 11.3 Å². The highest BCUT2D eigenvalue weighted by molar-refractivity contribution is 7.09. The Morgan fingerprint density at radius 3 is 2.86 bits per heavy atom. The number of hydrogen-bond donors (Lipinski definition) is 1. The lowest BCUT2D eigenvalue weighted by molar-refractivity contribution is -0.115. The molecule has 0 saturated carbocycles. The molecular weight excluding hydrogens is 298 g/mol. The lowest BCUT2D eigenvalue weighted by atomic mass is 10.2. The molecule has 0 bridgehead atoms. The van der Waals surface area contributed by atoms with E-state index in [4.69, 9.17) is 4.74 Å². The van der Waals surface area contributed by atoms with Gasteiger partial charge in [0.05, 0.1) is 42.2 Å². The summed E-state index contributed by atoms with van der Waals surface area (Å²) >= 11 is 1.52. The van der Waals surface area contributed by atoms with Crippen molar-refractivity contribution in [3.8, 4) is 0 Å². The van der Waals surface area contributed by atoms with Gasteiger partial charge in [0.2, 0.25) is 5.91 Å². The molecule has 2 aromatic rings. The van der Waals surface area contributed by atoms with Gasteiger partial charge >= 0.3 is 0 Å². The van der Waals surface area contributed by atoms with E-state index in [1.807, 2.05) is 31.2 Å². The van der Waals surface area contributed by atoms with Gasteiger partial charge in [-0.15, -0.1) is 11.3 Å². The third-order valence-electron chi connectivity index (χ3n) is 3.70. The summed E-state index contributed by atoms with van der Waals surface area (Å²) < 4.78 is 5.39. The molecule has 0 aliphatic carbocycles. The van der Waals surface area contributed by atoms with Crippen LogP contribution in [0.2, 0.25) is 0 Å². The maximum Gasteiger partial charge on any atom is 0.229 e. The lowest BCUT2D eigenvalue weighted by Gasteiger charge is -2.30. The van der Waals surface area contributed by atoms with Crippen LogP contribution in [0.25, 0.3) is 0 Å². The molecule has 1 aliphatic rings. The zero-order valence-corrected chi connectivity index (χ0v) is 13.4. The standard InChI is InChI=1S/C16H19N3O2S/c1-12-15(22-11-17-12)10-16(20)18-13-4-2-3-5-14(13)19-6-8-21-9-7-19/h2-5,11H,6-10H2,1H3,(H,18,20). The predicted molar refractivity (Wildman–Crippen MR) is 88.7 cm³/mol. The Balaban J connectivity index is 1.71. The largest absolute Gasteiger partial charge is 0.378 e. The van der Waals surface area contributed by atoms with E-state index >= 15 is 0 Å². The smallest absolute Gasteiger partial charge is 0.229 e. The molecule has 0 unspecified atom stereocenters. The number of nitrogens with zero attached hydrogens (tertiary/aromatic N) is 2. The molecule has 116 valence electrons. The molecule has 2 heterocycles. The number of thiazole rings is 1. The third kappa shape index (κ3) is 3.45. The molecule has 1 saturated heterocycles. The summed E-state index contributed by atoms with van der Waals surface area (Å²) in [5, 5.41) is 3.03. The van der Waals surface area contributed by atoms with Gasteiger partial charge < -0.3 is 15.0 Å². The average molecular weight is 317 g/mol. The summed E-state index contributed by atoms with van der Waals surface area (Å²) in [7, 11) is 0. The number of benzene rings is 1. The van der Waals surface area contributed by atoms with Gasteiger partial charge in [-0.2, -0.15) is 0 Å². The van der Waals surface area contributed by atoms with Crippen molar-refractivity contribution in [2.75, 3.05) is 36.5 Å². The number of carbonyl (C=O) groups excluding carboxylic acids is 1. The van der Waals surface area contributed by atoms with Gasteiger partial charge in [0.25, 0.3) is 0 Å². The summed E-state index contributed by atoms with van der Waals surface area (Å²) in [4.78, 5) is 19.7. The molecular formula is C16H19N3O2S. The number of carbonyl (C=O) groups is 1. The first-order valence-corrected chi connectivity index (χ1v) is 8.22. The van der Waals surface area contributed by atoms with E-state index in [2.05, 4.69) is 15.2 Å². The van der Waals surface area contributed by atoms with E-state index in [1.54, 1.807) is 5.51 Å². The fraction of sp³-hybridized carbons (Fsp3) is 0.375. The zero-order valence-electron chi connectivity index (χ0n) is 12.5. The van der Waals surface area contributed by atoms with Gasteiger partial charge in [-0.05, 0) is 19.1 Å². The molecule has 0 atom stereocenters. The number of ether oxygens (including phenoxy) is 1. The molecule has 1 N–H and O–H groups in total. The van der Waals surface area contributed by atoms with Crippen molar-refractivity contribution in [1.29, 1.82) is 0 Å². The van der Waals surface area contributed by atoms with Crippen LogP contribution in [0.4, 0.5) is 11.4 Å². The second-order valence-corrected chi connectivity index (χ2v) is 6.14. The molecule has 6 heteroatoms. The van der Waals surface area contributed by atoms with Crippen LogP contribution < -0.4 is 10.2 Å². The van der Waals surface area contributed by atoms with Crippen molar-refractivity contribution < 1.29 is 9.53 Å². The van der Waals surface area contributed by atoms with Crippen LogP contribution >= 0.6 is 11.3 Å². The van der Waals surface area contributed by atoms with Crippen molar-refractivity contribution in [2.45, 2.75) is 13.3 Å². The Morgan fingerprint density at radius 1 is 1.36 bits per heavy atom. The topological polar surface area (TPSA) is 54.5 Å². The van der Waals surface area contributed by atoms with Crippen LogP contribution in [0.15, 0.2) is 29.8 Å². The summed E-state index contributed by atoms with van der Waals surface area (Å²) in [5.74, 6) is -0.00643. The molecule has 1 aliphatic heterocycles. The van der Waals surface area contributed by atoms with Crippen molar-refractivity contribution in [2.24, 2.45) is 0 Å². The summed E-state index contributed by atoms with van der Waals surface area (Å²) in [5.41, 5.74) is 4.62. The Labute approximate surface area is 133 Å². The summed E-state index contributed by atoms with van der Waals surface area (Å²) in [6.07, 6.45) is 0.369. The van der Waals surface area contributed by atoms with E-state index in [0.717, 1.165) is 48.2 Å². The summed E-state index contributed by atoms with van der Waals surface area (Å²) in [6.45, 7) is 5.08. The summed E-state index contributed by atoms with van der Waals surface area (Å²) in [6, 6.07) is 7.92. The normalized spacial score (nSPS) is 14.9. The van der Waals surface area contributed by atoms with Crippen molar-refractivity contribution in [1.82, 2.24) is 4.98 Å². The molecule has 3 rings (SSSR count). The van der Waals surface area contributed by atoms with Gasteiger partial charge in [0, 0.05) is 18.0 Å². The monoisotopic (exact) mass is 317 g/mol. The van der Waals surface area contributed by atoms with Gasteiger partial charge in [0.15, 0.2) is 0 Å². The molecule has 1 amide bonds. The Morgan fingerprint density at radius 2 is 2.14 bits per heavy atom. The minimum atomic E-state index is -0.00643. The number of anilines is 2. The zero-order chi connectivity index (χ0) is 15.4. The van der Waals surface area contributed by atoms with Gasteiger partial charge in [-0.3, -0.25) is 4.79 Å². The highest BCUT2D eigenvalue weighted by Crippen LogP contribution is 2.26. The highest BCUT2D eigenvalue weighted by Gasteiger charge is 2.16. The Bertz CT molecular complexity index is 650. The van der Waals surface area contributed by atoms with Gasteiger partial charge in [0.1, 0.15) is 0 Å². The average Bonchev–Trinajstić information content (AvgIpc) is 2.94. The third-order valence-corrected chi connectivity index (χ3v) is 4.63. The SMILES string of the molecule is Cc1ncsc1CC(=O)Nc1ccccc1N1CCOCC1. The van der Waals surface area contributed by atoms with Gasteiger partial charge in [-0.1, -0.05) is 12.1 Å². The van der Waals surface area contributed by atoms with Gasteiger partial charge in [-0.25, -0.2) is 4.98 Å². The predicted octanol–water partition coefficient (Wildman–Crippen LogP) is 2.47. The minimum Gasteiger partial charge on any atom is -0.378 e. The molecule has 1 aromatic heterocycles. The maximum atomic E-state index is 12.3. The van der Waals surface area contributed by atoms with Crippen LogP contribution in [-0.4, -0.2) is 37.2 Å². The Kier molecular flexibility index (Phi) is 4.70. The maximum absolute atomic E-state index is 12.3. The van der Waals surface area contributed by atoms with Crippen molar-refractivity contribution in [3.05, 3.63) is 40.3 Å². The molecule has 0 spiro atoms. The minimum absolute atomic E-state index is 0.00643. The fourth-order valence-corrected chi connectivity index (χ4v) is 3.27. The van der Waals surface area contributed by atoms with Crippen LogP contribution in [0.5, 0.6) is 0 Å². The molecule has 5 nitrogen and oxygen atoms in total. The number of hydrogen-bond acceptors (Lipinski definition) is 5. The van der Waals surface area contributed by atoms with Crippen LogP contribution in [0.1, 0.15) is 10.6 Å². The number of morpholine rings is 1. The van der Waals surface area contributed by atoms with E-state index in [9.17, 15) is 4.79 Å². The number of para-hydroxylation sites is 2. The van der Waals surface area contributed by atoms with Crippen LogP contribution in [-0.2, 0) is 16.0 Å². The van der Waals surface area contributed by atoms with Crippen molar-refractivity contribution >= 4 is 28.6 Å². The number of amides is 1. The second kappa shape index (κ2) is 6.89.